The number of carbonyl (C=O) groups is 1. The minimum atomic E-state index is -3.97. The lowest BCUT2D eigenvalue weighted by Crippen LogP contribution is -2.33. The number of hydrogen-bond donors (Lipinski definition) is 1. The molecule has 0 saturated carbocycles. The van der Waals surface area contributed by atoms with E-state index < -0.39 is 32.6 Å². The van der Waals surface area contributed by atoms with Crippen molar-refractivity contribution in [3.8, 4) is 0 Å². The molecule has 0 spiro atoms. The number of sulfone groups is 1. The number of carbonyl (C=O) groups excluding carboxylic acids is 1. The Labute approximate surface area is 137 Å². The van der Waals surface area contributed by atoms with Crippen molar-refractivity contribution in [3.05, 3.63) is 46.4 Å². The van der Waals surface area contributed by atoms with Crippen molar-refractivity contribution < 1.29 is 22.1 Å². The predicted octanol–water partition coefficient (Wildman–Crippen LogP) is 2.72. The molecule has 1 heterocycles. The average Bonchev–Trinajstić information content (AvgIpc) is 2.87. The van der Waals surface area contributed by atoms with Gasteiger partial charge in [0.05, 0.1) is 11.4 Å². The van der Waals surface area contributed by atoms with Gasteiger partial charge in [-0.25, -0.2) is 12.8 Å². The third-order valence-electron chi connectivity index (χ3n) is 3.19. The first-order chi connectivity index (χ1) is 10.7. The van der Waals surface area contributed by atoms with Crippen molar-refractivity contribution in [2.24, 2.45) is 0 Å². The van der Waals surface area contributed by atoms with Gasteiger partial charge in [0.2, 0.25) is 11.8 Å². The van der Waals surface area contributed by atoms with Crippen LogP contribution in [0.5, 0.6) is 0 Å². The molecule has 1 amide bonds. The van der Waals surface area contributed by atoms with Crippen LogP contribution in [0.15, 0.2) is 28.8 Å². The Bertz CT molecular complexity index is 815. The Hall–Kier alpha value is -1.93. The summed E-state index contributed by atoms with van der Waals surface area (Å²) in [6, 6.07) is 5.32. The largest absolute Gasteiger partial charge is 0.338 e. The van der Waals surface area contributed by atoms with Gasteiger partial charge in [0, 0.05) is 16.7 Å². The van der Waals surface area contributed by atoms with Crippen molar-refractivity contribution in [3.63, 3.8) is 0 Å². The number of amides is 1. The fraction of sp³-hybridized carbons (Fsp3) is 0.286. The van der Waals surface area contributed by atoms with Crippen LogP contribution < -0.4 is 5.32 Å². The number of anilines is 1. The summed E-state index contributed by atoms with van der Waals surface area (Å²) < 4.78 is 43.1. The molecule has 124 valence electrons. The molecule has 0 unspecified atom stereocenters. The Morgan fingerprint density at radius 1 is 1.48 bits per heavy atom. The Kier molecular flexibility index (Phi) is 5.06. The highest BCUT2D eigenvalue weighted by Crippen LogP contribution is 2.23. The molecule has 0 bridgehead atoms. The third-order valence-corrected chi connectivity index (χ3v) is 5.53. The zero-order valence-electron chi connectivity index (χ0n) is 12.3. The van der Waals surface area contributed by atoms with Crippen LogP contribution >= 0.6 is 11.6 Å². The van der Waals surface area contributed by atoms with Gasteiger partial charge in [0.25, 0.3) is 0 Å². The third kappa shape index (κ3) is 4.08. The van der Waals surface area contributed by atoms with E-state index in [1.807, 2.05) is 0 Å². The maximum Gasteiger partial charge on any atom is 0.244 e. The Morgan fingerprint density at radius 3 is 2.74 bits per heavy atom. The smallest absolute Gasteiger partial charge is 0.244 e. The quantitative estimate of drug-likeness (QED) is 0.885. The zero-order valence-corrected chi connectivity index (χ0v) is 13.9. The maximum absolute atomic E-state index is 13.7. The molecular formula is C14H14ClFN2O4S. The van der Waals surface area contributed by atoms with Crippen LogP contribution in [0.25, 0.3) is 0 Å². The van der Waals surface area contributed by atoms with Crippen molar-refractivity contribution in [2.75, 3.05) is 5.32 Å². The molecule has 0 saturated heterocycles. The van der Waals surface area contributed by atoms with E-state index in [1.54, 1.807) is 6.92 Å². The molecule has 0 aliphatic rings. The summed E-state index contributed by atoms with van der Waals surface area (Å²) in [5.41, 5.74) is 0.373. The van der Waals surface area contributed by atoms with Crippen LogP contribution in [0.1, 0.15) is 18.2 Å². The number of rotatable bonds is 5. The highest BCUT2D eigenvalue weighted by Gasteiger charge is 2.30. The number of aromatic nitrogens is 1. The van der Waals surface area contributed by atoms with E-state index in [4.69, 9.17) is 16.1 Å². The number of halogens is 2. The van der Waals surface area contributed by atoms with Crippen molar-refractivity contribution in [1.29, 1.82) is 0 Å². The summed E-state index contributed by atoms with van der Waals surface area (Å²) in [6.45, 7) is 2.86. The standard InChI is InChI=1S/C14H14ClFN2O4S/c1-8-6-13(22-18-8)17-14(19)9(2)23(20,21)7-10-11(15)4-3-5-12(10)16/h3-6,9H,7H2,1-2H3,(H,17,19)/t9-/m0/s1. The van der Waals surface area contributed by atoms with E-state index in [0.717, 1.165) is 6.07 Å². The molecule has 1 N–H and O–H groups in total. The van der Waals surface area contributed by atoms with Gasteiger partial charge < -0.3 is 4.52 Å². The summed E-state index contributed by atoms with van der Waals surface area (Å²) >= 11 is 5.82. The molecule has 1 aromatic heterocycles. The molecule has 0 fully saturated rings. The number of nitrogens with zero attached hydrogens (tertiary/aromatic N) is 1. The Balaban J connectivity index is 2.16. The minimum Gasteiger partial charge on any atom is -0.338 e. The summed E-state index contributed by atoms with van der Waals surface area (Å²) in [5, 5.41) is 4.46. The summed E-state index contributed by atoms with van der Waals surface area (Å²) in [4.78, 5) is 12.0. The molecule has 0 radical (unpaired) electrons. The normalized spacial score (nSPS) is 12.9. The number of benzene rings is 1. The van der Waals surface area contributed by atoms with Gasteiger partial charge in [-0.1, -0.05) is 22.8 Å². The van der Waals surface area contributed by atoms with E-state index in [2.05, 4.69) is 10.5 Å². The summed E-state index contributed by atoms with van der Waals surface area (Å²) in [5.74, 6) is -2.17. The van der Waals surface area contributed by atoms with E-state index in [1.165, 1.54) is 25.1 Å². The van der Waals surface area contributed by atoms with Crippen LogP contribution in [0.2, 0.25) is 5.02 Å². The molecule has 9 heteroatoms. The molecular weight excluding hydrogens is 347 g/mol. The van der Waals surface area contributed by atoms with Crippen LogP contribution in [-0.4, -0.2) is 24.7 Å². The fourth-order valence-electron chi connectivity index (χ4n) is 1.81. The highest BCUT2D eigenvalue weighted by atomic mass is 35.5. The van der Waals surface area contributed by atoms with Gasteiger partial charge in [0.15, 0.2) is 9.84 Å². The van der Waals surface area contributed by atoms with E-state index >= 15 is 0 Å². The molecule has 0 aliphatic heterocycles. The van der Waals surface area contributed by atoms with E-state index in [9.17, 15) is 17.6 Å². The minimum absolute atomic E-state index is 0.00737. The molecule has 1 atom stereocenters. The van der Waals surface area contributed by atoms with E-state index in [-0.39, 0.29) is 16.5 Å². The molecule has 23 heavy (non-hydrogen) atoms. The van der Waals surface area contributed by atoms with Gasteiger partial charge in [-0.05, 0) is 26.0 Å². The summed E-state index contributed by atoms with van der Waals surface area (Å²) in [7, 11) is -3.97. The topological polar surface area (TPSA) is 89.3 Å². The molecule has 2 rings (SSSR count). The second-order valence-corrected chi connectivity index (χ2v) is 7.70. The van der Waals surface area contributed by atoms with Crippen molar-refractivity contribution in [1.82, 2.24) is 5.16 Å². The SMILES string of the molecule is Cc1cc(NC(=O)[C@H](C)S(=O)(=O)Cc2c(F)cccc2Cl)on1. The Morgan fingerprint density at radius 2 is 2.17 bits per heavy atom. The number of nitrogens with one attached hydrogen (secondary N) is 1. The molecule has 6 nitrogen and oxygen atoms in total. The van der Waals surface area contributed by atoms with Gasteiger partial charge in [0.1, 0.15) is 11.1 Å². The van der Waals surface area contributed by atoms with Crippen LogP contribution in [0, 0.1) is 12.7 Å². The lowest BCUT2D eigenvalue weighted by Gasteiger charge is -2.13. The van der Waals surface area contributed by atoms with Gasteiger partial charge in [-0.3, -0.25) is 10.1 Å². The number of aryl methyl sites for hydroxylation is 1. The van der Waals surface area contributed by atoms with Gasteiger partial charge in [-0.15, -0.1) is 0 Å². The van der Waals surface area contributed by atoms with Crippen LogP contribution in [-0.2, 0) is 20.4 Å². The lowest BCUT2D eigenvalue weighted by atomic mass is 10.2. The van der Waals surface area contributed by atoms with Gasteiger partial charge in [-0.2, -0.15) is 0 Å². The first-order valence-electron chi connectivity index (χ1n) is 6.59. The van der Waals surface area contributed by atoms with E-state index in [0.29, 0.717) is 5.69 Å². The van der Waals surface area contributed by atoms with Crippen molar-refractivity contribution in [2.45, 2.75) is 24.9 Å². The van der Waals surface area contributed by atoms with Gasteiger partial charge >= 0.3 is 0 Å². The average molecular weight is 361 g/mol. The number of hydrogen-bond acceptors (Lipinski definition) is 5. The lowest BCUT2D eigenvalue weighted by molar-refractivity contribution is -0.115. The molecule has 0 aliphatic carbocycles. The second-order valence-electron chi connectivity index (χ2n) is 4.97. The van der Waals surface area contributed by atoms with Crippen LogP contribution in [0.3, 0.4) is 0 Å². The first kappa shape index (κ1) is 17.4. The maximum atomic E-state index is 13.7. The summed E-state index contributed by atoms with van der Waals surface area (Å²) in [6.07, 6.45) is 0. The predicted molar refractivity (Wildman–Crippen MR) is 83.4 cm³/mol. The van der Waals surface area contributed by atoms with Crippen LogP contribution in [0.4, 0.5) is 10.3 Å². The molecule has 2 aromatic rings. The zero-order chi connectivity index (χ0) is 17.2. The molecule has 1 aromatic carbocycles. The first-order valence-corrected chi connectivity index (χ1v) is 8.68. The second kappa shape index (κ2) is 6.67. The monoisotopic (exact) mass is 360 g/mol. The fourth-order valence-corrected chi connectivity index (χ4v) is 3.44. The van der Waals surface area contributed by atoms with Crippen molar-refractivity contribution >= 4 is 33.2 Å². The highest BCUT2D eigenvalue weighted by molar-refractivity contribution is 7.92.